The number of hydrogen-bond acceptors (Lipinski definition) is 8. The minimum absolute atomic E-state index is 0.0435. The molecule has 0 amide bonds. The predicted octanol–water partition coefficient (Wildman–Crippen LogP) is 17.5. The largest absolute Gasteiger partial charge is 0.756 e. The zero-order valence-electron chi connectivity index (χ0n) is 47.5. The molecule has 0 aliphatic carbocycles. The Hall–Kier alpha value is -3.85. The first-order valence-electron chi connectivity index (χ1n) is 28.9. The van der Waals surface area contributed by atoms with Gasteiger partial charge < -0.3 is 27.9 Å². The Balaban J connectivity index is 4.23. The Kier molecular flexibility index (Phi) is 51.2. The zero-order valence-corrected chi connectivity index (χ0v) is 48.4. The highest BCUT2D eigenvalue weighted by atomic mass is 31.2. The Morgan fingerprint density at radius 3 is 1.15 bits per heavy atom. The summed E-state index contributed by atoms with van der Waals surface area (Å²) in [5.41, 5.74) is 0. The number of rotatable bonds is 51. The van der Waals surface area contributed by atoms with Crippen LogP contribution in [-0.2, 0) is 32.7 Å². The van der Waals surface area contributed by atoms with Gasteiger partial charge in [-0.05, 0) is 96.3 Å². The fraction of sp³-hybridized carbons (Fsp3) is 0.625. The molecule has 0 aliphatic rings. The predicted molar refractivity (Wildman–Crippen MR) is 314 cm³/mol. The summed E-state index contributed by atoms with van der Waals surface area (Å²) in [7, 11) is 1.13. The highest BCUT2D eigenvalue weighted by Gasteiger charge is 2.21. The lowest BCUT2D eigenvalue weighted by Crippen LogP contribution is -2.37. The molecule has 0 rings (SSSR count). The molecule has 0 saturated carbocycles. The van der Waals surface area contributed by atoms with Crippen LogP contribution in [0, 0.1) is 0 Å². The van der Waals surface area contributed by atoms with Crippen LogP contribution in [0.3, 0.4) is 0 Å². The molecule has 0 spiro atoms. The van der Waals surface area contributed by atoms with Crippen molar-refractivity contribution >= 4 is 19.8 Å². The van der Waals surface area contributed by atoms with Crippen LogP contribution in [0.1, 0.15) is 206 Å². The number of carbonyl (C=O) groups is 2. The van der Waals surface area contributed by atoms with Gasteiger partial charge in [-0.1, -0.05) is 231 Å². The maximum atomic E-state index is 12.8. The highest BCUT2D eigenvalue weighted by molar-refractivity contribution is 7.45. The molecule has 0 saturated heterocycles. The van der Waals surface area contributed by atoms with E-state index in [0.29, 0.717) is 17.4 Å². The van der Waals surface area contributed by atoms with Crippen LogP contribution in [0.4, 0.5) is 0 Å². The summed E-state index contributed by atoms with van der Waals surface area (Å²) in [5, 5.41) is 0. The molecule has 0 bridgehead atoms. The van der Waals surface area contributed by atoms with Crippen molar-refractivity contribution in [3.8, 4) is 0 Å². The molecule has 0 N–H and O–H groups in total. The summed E-state index contributed by atoms with van der Waals surface area (Å²) in [6.07, 6.45) is 77.9. The number of likely N-dealkylation sites (N-methyl/N-ethyl adjacent to an activating group) is 1. The van der Waals surface area contributed by atoms with Crippen molar-refractivity contribution in [3.63, 3.8) is 0 Å². The Labute approximate surface area is 453 Å². The van der Waals surface area contributed by atoms with Gasteiger partial charge in [0.25, 0.3) is 7.82 Å². The molecular formula is C64H106NO8P. The van der Waals surface area contributed by atoms with Crippen LogP contribution in [0.2, 0.25) is 0 Å². The average molecular weight is 1050 g/mol. The first-order chi connectivity index (χ1) is 36.0. The topological polar surface area (TPSA) is 111 Å². The highest BCUT2D eigenvalue weighted by Crippen LogP contribution is 2.38. The third-order valence-corrected chi connectivity index (χ3v) is 12.6. The first-order valence-corrected chi connectivity index (χ1v) is 30.4. The van der Waals surface area contributed by atoms with Gasteiger partial charge in [0.2, 0.25) is 0 Å². The van der Waals surface area contributed by atoms with E-state index in [1.807, 2.05) is 21.1 Å². The fourth-order valence-electron chi connectivity index (χ4n) is 7.25. The number of hydrogen-bond donors (Lipinski definition) is 0. The van der Waals surface area contributed by atoms with Gasteiger partial charge >= 0.3 is 11.9 Å². The summed E-state index contributed by atoms with van der Waals surface area (Å²) < 4.78 is 34.0. The number of allylic oxidation sites excluding steroid dienone is 22. The third-order valence-electron chi connectivity index (χ3n) is 11.7. The molecule has 2 unspecified atom stereocenters. The lowest BCUT2D eigenvalue weighted by Gasteiger charge is -2.28. The Bertz CT molecular complexity index is 1710. The van der Waals surface area contributed by atoms with E-state index >= 15 is 0 Å². The molecular weight excluding hydrogens is 942 g/mol. The zero-order chi connectivity index (χ0) is 54.2. The van der Waals surface area contributed by atoms with Gasteiger partial charge in [0.15, 0.2) is 6.10 Å². The van der Waals surface area contributed by atoms with E-state index in [2.05, 4.69) is 148 Å². The quantitative estimate of drug-likeness (QED) is 0.0195. The Morgan fingerprint density at radius 2 is 0.770 bits per heavy atom. The number of quaternary nitrogens is 1. The van der Waals surface area contributed by atoms with Gasteiger partial charge in [-0.25, -0.2) is 0 Å². The van der Waals surface area contributed by atoms with Crippen molar-refractivity contribution in [2.45, 2.75) is 213 Å². The van der Waals surface area contributed by atoms with E-state index in [9.17, 15) is 19.0 Å². The van der Waals surface area contributed by atoms with Gasteiger partial charge in [-0.2, -0.15) is 0 Å². The molecule has 0 aliphatic heterocycles. The van der Waals surface area contributed by atoms with E-state index in [0.717, 1.165) is 109 Å². The van der Waals surface area contributed by atoms with Crippen molar-refractivity contribution < 1.29 is 42.1 Å². The van der Waals surface area contributed by atoms with Crippen LogP contribution in [0.25, 0.3) is 0 Å². The van der Waals surface area contributed by atoms with E-state index < -0.39 is 32.5 Å². The number of ether oxygens (including phenoxy) is 2. The van der Waals surface area contributed by atoms with Gasteiger partial charge in [0.1, 0.15) is 19.8 Å². The molecule has 0 aromatic rings. The molecule has 0 radical (unpaired) electrons. The third kappa shape index (κ3) is 57.4. The standard InChI is InChI=1S/C64H106NO8P/c1-6-8-10-12-14-16-18-20-21-22-23-24-25-26-27-28-29-30-31-32-33-34-35-36-37-38-39-40-41-42-43-45-47-49-51-53-55-57-64(67)73-62(61-72-74(68,69)71-59-58-65(3,4)5)60-70-63(66)56-54-52-50-48-46-44-19-17-15-13-11-9-7-2/h8,10,14,16,20-21,23-24,26-27,29-30,32-33,35-36,38-39,41-42,45,47,62H,6-7,9,11-13,15,17-19,22,25,28,31,34,37,40,43-44,46,48-61H2,1-5H3/b10-8-,16-14-,21-20-,24-23-,27-26-,30-29-,33-32-,36-35-,39-38-,42-41-,47-45-. The maximum Gasteiger partial charge on any atom is 0.306 e. The molecule has 0 aromatic heterocycles. The molecule has 0 fully saturated rings. The second-order valence-corrected chi connectivity index (χ2v) is 21.3. The molecule has 9 nitrogen and oxygen atoms in total. The van der Waals surface area contributed by atoms with Crippen LogP contribution >= 0.6 is 7.82 Å². The summed E-state index contributed by atoms with van der Waals surface area (Å²) in [6, 6.07) is 0. The average Bonchev–Trinajstić information content (AvgIpc) is 3.36. The molecule has 74 heavy (non-hydrogen) atoms. The lowest BCUT2D eigenvalue weighted by atomic mass is 10.0. The number of esters is 2. The SMILES string of the molecule is CC/C=C\C/C=C\C/C=C\C/C=C\C/C=C\C/C=C\C/C=C\C/C=C\C/C=C\C/C=C\C/C=C\CCCCCC(=O)OC(COC(=O)CCCCCCCCCCCCCCC)COP(=O)([O-])OCC[N+](C)(C)C. The summed E-state index contributed by atoms with van der Waals surface area (Å²) in [5.74, 6) is -0.879. The summed E-state index contributed by atoms with van der Waals surface area (Å²) in [4.78, 5) is 37.7. The molecule has 420 valence electrons. The fourth-order valence-corrected chi connectivity index (χ4v) is 7.98. The second kappa shape index (κ2) is 54.0. The van der Waals surface area contributed by atoms with Crippen molar-refractivity contribution in [2.75, 3.05) is 47.5 Å². The summed E-state index contributed by atoms with van der Waals surface area (Å²) >= 11 is 0. The second-order valence-electron chi connectivity index (χ2n) is 19.9. The number of nitrogens with zero attached hydrogens (tertiary/aromatic N) is 1. The molecule has 2 atom stereocenters. The normalized spacial score (nSPS) is 14.3. The van der Waals surface area contributed by atoms with Gasteiger partial charge in [-0.15, -0.1) is 0 Å². The number of phosphoric acid groups is 1. The maximum absolute atomic E-state index is 12.8. The number of unbranched alkanes of at least 4 members (excludes halogenated alkanes) is 15. The monoisotopic (exact) mass is 1050 g/mol. The van der Waals surface area contributed by atoms with Gasteiger partial charge in [0, 0.05) is 12.8 Å². The van der Waals surface area contributed by atoms with E-state index in [-0.39, 0.29) is 26.1 Å². The van der Waals surface area contributed by atoms with Crippen LogP contribution in [0.5, 0.6) is 0 Å². The van der Waals surface area contributed by atoms with Gasteiger partial charge in [-0.3, -0.25) is 14.2 Å². The molecule has 0 heterocycles. The number of phosphoric ester groups is 1. The van der Waals surface area contributed by atoms with Crippen molar-refractivity contribution in [1.82, 2.24) is 0 Å². The van der Waals surface area contributed by atoms with Crippen LogP contribution in [-0.4, -0.2) is 70.0 Å². The summed E-state index contributed by atoms with van der Waals surface area (Å²) in [6.45, 7) is 4.06. The van der Waals surface area contributed by atoms with Crippen molar-refractivity contribution in [1.29, 1.82) is 0 Å². The minimum atomic E-state index is -4.65. The lowest BCUT2D eigenvalue weighted by molar-refractivity contribution is -0.870. The van der Waals surface area contributed by atoms with Crippen LogP contribution < -0.4 is 4.89 Å². The first kappa shape index (κ1) is 70.1. The Morgan fingerprint density at radius 1 is 0.432 bits per heavy atom. The molecule has 10 heteroatoms. The van der Waals surface area contributed by atoms with Crippen molar-refractivity contribution in [2.24, 2.45) is 0 Å². The van der Waals surface area contributed by atoms with Crippen LogP contribution in [0.15, 0.2) is 134 Å². The van der Waals surface area contributed by atoms with E-state index in [1.165, 1.54) is 64.2 Å². The smallest absolute Gasteiger partial charge is 0.306 e. The number of carbonyl (C=O) groups excluding carboxylic acids is 2. The minimum Gasteiger partial charge on any atom is -0.756 e. The molecule has 0 aromatic carbocycles. The van der Waals surface area contributed by atoms with E-state index in [1.54, 1.807) is 0 Å². The van der Waals surface area contributed by atoms with Gasteiger partial charge in [0.05, 0.1) is 27.7 Å². The van der Waals surface area contributed by atoms with E-state index in [4.69, 9.17) is 18.5 Å². The van der Waals surface area contributed by atoms with Crippen molar-refractivity contribution in [3.05, 3.63) is 134 Å².